The molecule has 6 heteroatoms. The SMILES string of the molecule is F[B-](F)(F)c1cccnc1Cl. The van der Waals surface area contributed by atoms with Gasteiger partial charge in [0.25, 0.3) is 0 Å². The average Bonchev–Trinajstić information content (AvgIpc) is 1.86. The maximum atomic E-state index is 12.0. The monoisotopic (exact) mass is 180 g/mol. The molecule has 0 aliphatic heterocycles. The van der Waals surface area contributed by atoms with E-state index in [0.717, 1.165) is 6.07 Å². The molecular weight excluding hydrogens is 177 g/mol. The first-order valence-electron chi connectivity index (χ1n) is 2.82. The van der Waals surface area contributed by atoms with Crippen molar-refractivity contribution < 1.29 is 12.9 Å². The highest BCUT2D eigenvalue weighted by molar-refractivity contribution is 6.75. The van der Waals surface area contributed by atoms with Crippen molar-refractivity contribution in [1.29, 1.82) is 0 Å². The van der Waals surface area contributed by atoms with Crippen molar-refractivity contribution in [2.24, 2.45) is 0 Å². The summed E-state index contributed by atoms with van der Waals surface area (Å²) in [6.45, 7) is -5.02. The molecule has 0 aromatic carbocycles. The van der Waals surface area contributed by atoms with Crippen LogP contribution in [0, 0.1) is 0 Å². The summed E-state index contributed by atoms with van der Waals surface area (Å²) >= 11 is 5.19. The van der Waals surface area contributed by atoms with Gasteiger partial charge in [-0.3, -0.25) is 0 Å². The Bertz CT molecular complexity index is 262. The number of hydrogen-bond acceptors (Lipinski definition) is 1. The van der Waals surface area contributed by atoms with Gasteiger partial charge in [-0.25, -0.2) is 4.98 Å². The standard InChI is InChI=1S/C5H3BClF3N/c7-5-4(6(8,9)10)2-1-3-11-5/h1-3H/q-1. The quantitative estimate of drug-likeness (QED) is 0.474. The maximum absolute atomic E-state index is 12.0. The zero-order valence-electron chi connectivity index (χ0n) is 5.27. The van der Waals surface area contributed by atoms with Crippen molar-refractivity contribution >= 4 is 24.0 Å². The molecule has 1 heterocycles. The lowest BCUT2D eigenvalue weighted by atomic mass is 9.81. The molecule has 0 aliphatic carbocycles. The second kappa shape index (κ2) is 2.73. The zero-order chi connectivity index (χ0) is 8.48. The van der Waals surface area contributed by atoms with Gasteiger partial charge in [-0.05, 0) is 6.07 Å². The molecule has 0 aliphatic rings. The number of halogens is 4. The van der Waals surface area contributed by atoms with Crippen LogP contribution in [0.1, 0.15) is 0 Å². The lowest BCUT2D eigenvalue weighted by molar-refractivity contribution is 0.501. The Labute approximate surface area is 66.3 Å². The maximum Gasteiger partial charge on any atom is 0.512 e. The van der Waals surface area contributed by atoms with Crippen LogP contribution in [0.3, 0.4) is 0 Å². The van der Waals surface area contributed by atoms with E-state index in [1.165, 1.54) is 12.3 Å². The Morgan fingerprint density at radius 2 is 2.00 bits per heavy atom. The van der Waals surface area contributed by atoms with Gasteiger partial charge in [-0.1, -0.05) is 23.1 Å². The summed E-state index contributed by atoms with van der Waals surface area (Å²) in [5, 5.41) is -0.486. The molecule has 1 rings (SSSR count). The largest absolute Gasteiger partial charge is 0.512 e. The van der Waals surface area contributed by atoms with Crippen LogP contribution in [0.5, 0.6) is 0 Å². The number of pyridine rings is 1. The fraction of sp³-hybridized carbons (Fsp3) is 0. The van der Waals surface area contributed by atoms with Gasteiger partial charge in [0.1, 0.15) is 5.15 Å². The predicted octanol–water partition coefficient (Wildman–Crippen LogP) is 1.79. The van der Waals surface area contributed by atoms with Gasteiger partial charge < -0.3 is 12.9 Å². The van der Waals surface area contributed by atoms with E-state index in [4.69, 9.17) is 11.6 Å². The van der Waals surface area contributed by atoms with E-state index < -0.39 is 17.6 Å². The van der Waals surface area contributed by atoms with Crippen LogP contribution >= 0.6 is 11.6 Å². The molecule has 0 saturated carbocycles. The van der Waals surface area contributed by atoms with Crippen LogP contribution in [-0.4, -0.2) is 12.0 Å². The molecule has 0 fully saturated rings. The van der Waals surface area contributed by atoms with Crippen molar-refractivity contribution in [1.82, 2.24) is 4.98 Å². The molecule has 0 unspecified atom stereocenters. The van der Waals surface area contributed by atoms with E-state index in [1.807, 2.05) is 0 Å². The second-order valence-corrected chi connectivity index (χ2v) is 2.32. The minimum absolute atomic E-state index is 0.486. The summed E-state index contributed by atoms with van der Waals surface area (Å²) in [6.07, 6.45) is 1.22. The fourth-order valence-electron chi connectivity index (χ4n) is 0.643. The van der Waals surface area contributed by atoms with Crippen LogP contribution in [0.4, 0.5) is 12.9 Å². The Morgan fingerprint density at radius 1 is 1.36 bits per heavy atom. The van der Waals surface area contributed by atoms with Crippen molar-refractivity contribution in [3.63, 3.8) is 0 Å². The van der Waals surface area contributed by atoms with Gasteiger partial charge in [0.05, 0.1) is 0 Å². The number of hydrogen-bond donors (Lipinski definition) is 0. The second-order valence-electron chi connectivity index (χ2n) is 1.96. The molecule has 0 bridgehead atoms. The van der Waals surface area contributed by atoms with E-state index in [0.29, 0.717) is 0 Å². The number of nitrogens with zero attached hydrogens (tertiary/aromatic N) is 1. The van der Waals surface area contributed by atoms with E-state index >= 15 is 0 Å². The van der Waals surface area contributed by atoms with Crippen LogP contribution in [0.2, 0.25) is 5.15 Å². The Balaban J connectivity index is 3.14. The smallest absolute Gasteiger partial charge is 0.445 e. The summed E-state index contributed by atoms with van der Waals surface area (Å²) in [7, 11) is 0. The van der Waals surface area contributed by atoms with Gasteiger partial charge in [-0.2, -0.15) is 0 Å². The lowest BCUT2D eigenvalue weighted by Gasteiger charge is -2.14. The van der Waals surface area contributed by atoms with Gasteiger partial charge in [-0.15, -0.1) is 0 Å². The van der Waals surface area contributed by atoms with Gasteiger partial charge >= 0.3 is 6.98 Å². The summed E-state index contributed by atoms with van der Waals surface area (Å²) in [5.41, 5.74) is -0.839. The molecule has 0 radical (unpaired) electrons. The highest BCUT2D eigenvalue weighted by Crippen LogP contribution is 2.12. The lowest BCUT2D eigenvalue weighted by Crippen LogP contribution is -2.35. The fourth-order valence-corrected chi connectivity index (χ4v) is 0.886. The first-order valence-corrected chi connectivity index (χ1v) is 3.20. The molecule has 0 amide bonds. The number of aromatic nitrogens is 1. The first kappa shape index (κ1) is 8.39. The van der Waals surface area contributed by atoms with Crippen LogP contribution in [0.25, 0.3) is 0 Å². The number of rotatable bonds is 1. The van der Waals surface area contributed by atoms with Gasteiger partial charge in [0.15, 0.2) is 0 Å². The van der Waals surface area contributed by atoms with Crippen LogP contribution in [0.15, 0.2) is 18.3 Å². The van der Waals surface area contributed by atoms with E-state index in [-0.39, 0.29) is 0 Å². The Hall–Kier alpha value is -0.705. The average molecular weight is 180 g/mol. The summed E-state index contributed by atoms with van der Waals surface area (Å²) in [4.78, 5) is 3.31. The molecule has 60 valence electrons. The molecule has 11 heavy (non-hydrogen) atoms. The summed E-state index contributed by atoms with van der Waals surface area (Å²) in [6, 6.07) is 2.12. The Morgan fingerprint density at radius 3 is 2.36 bits per heavy atom. The normalized spacial score (nSPS) is 11.6. The summed E-state index contributed by atoms with van der Waals surface area (Å²) < 4.78 is 36.0. The molecular formula is C5H3BClF3N-. The van der Waals surface area contributed by atoms with E-state index in [1.54, 1.807) is 0 Å². The summed E-state index contributed by atoms with van der Waals surface area (Å²) in [5.74, 6) is 0. The van der Waals surface area contributed by atoms with Crippen molar-refractivity contribution in [3.05, 3.63) is 23.5 Å². The van der Waals surface area contributed by atoms with Gasteiger partial charge in [0.2, 0.25) is 0 Å². The highest BCUT2D eigenvalue weighted by Gasteiger charge is 2.28. The molecule has 0 N–H and O–H groups in total. The topological polar surface area (TPSA) is 12.9 Å². The van der Waals surface area contributed by atoms with Crippen molar-refractivity contribution in [2.75, 3.05) is 0 Å². The highest BCUT2D eigenvalue weighted by atomic mass is 35.5. The molecule has 0 atom stereocenters. The minimum atomic E-state index is -5.02. The molecule has 1 nitrogen and oxygen atoms in total. The van der Waals surface area contributed by atoms with Crippen LogP contribution < -0.4 is 5.46 Å². The van der Waals surface area contributed by atoms with Crippen molar-refractivity contribution in [3.8, 4) is 0 Å². The first-order chi connectivity index (χ1) is 5.02. The molecule has 1 aromatic rings. The van der Waals surface area contributed by atoms with E-state index in [9.17, 15) is 12.9 Å². The van der Waals surface area contributed by atoms with Gasteiger partial charge in [0, 0.05) is 6.20 Å². The third kappa shape index (κ3) is 1.86. The van der Waals surface area contributed by atoms with Crippen LogP contribution in [-0.2, 0) is 0 Å². The molecule has 1 aromatic heterocycles. The minimum Gasteiger partial charge on any atom is -0.445 e. The third-order valence-electron chi connectivity index (χ3n) is 1.14. The predicted molar refractivity (Wildman–Crippen MR) is 38.0 cm³/mol. The van der Waals surface area contributed by atoms with Crippen molar-refractivity contribution in [2.45, 2.75) is 0 Å². The molecule has 0 spiro atoms. The molecule has 0 saturated heterocycles. The van der Waals surface area contributed by atoms with E-state index in [2.05, 4.69) is 4.98 Å². The third-order valence-corrected chi connectivity index (χ3v) is 1.46. The Kier molecular flexibility index (Phi) is 2.09. The zero-order valence-corrected chi connectivity index (χ0v) is 6.02.